The Morgan fingerprint density at radius 3 is 1.36 bits per heavy atom. The van der Waals surface area contributed by atoms with Gasteiger partial charge in [-0.1, -0.05) is 0 Å². The molecule has 0 aliphatic heterocycles. The van der Waals surface area contributed by atoms with Gasteiger partial charge in [-0.15, -0.1) is 0 Å². The molecule has 0 aromatic heterocycles. The fourth-order valence-electron chi connectivity index (χ4n) is 0.491. The van der Waals surface area contributed by atoms with E-state index in [1.54, 1.807) is 13.8 Å². The van der Waals surface area contributed by atoms with Gasteiger partial charge in [0.1, 0.15) is 0 Å². The predicted molar refractivity (Wildman–Crippen MR) is 44.4 cm³/mol. The van der Waals surface area contributed by atoms with Crippen molar-refractivity contribution in [2.75, 3.05) is 13.2 Å². The highest BCUT2D eigenvalue weighted by Crippen LogP contribution is 1.93. The normalized spacial score (nSPS) is 13.6. The first kappa shape index (κ1) is 10.8. The fourth-order valence-corrected chi connectivity index (χ4v) is 0.491. The first-order valence-corrected chi connectivity index (χ1v) is 3.44. The first-order chi connectivity index (χ1) is 4.71. The molecule has 8 N–H and O–H groups in total. The van der Waals surface area contributed by atoms with Crippen molar-refractivity contribution >= 4 is 0 Å². The molecule has 0 radical (unpaired) electrons. The van der Waals surface area contributed by atoms with E-state index in [1.807, 2.05) is 0 Å². The van der Waals surface area contributed by atoms with Crippen LogP contribution in [-0.2, 0) is 4.74 Å². The van der Waals surface area contributed by atoms with Crippen molar-refractivity contribution in [3.05, 3.63) is 0 Å². The summed E-state index contributed by atoms with van der Waals surface area (Å²) in [7, 11) is 0. The molecule has 5 heteroatoms. The van der Waals surface area contributed by atoms with Crippen molar-refractivity contribution in [2.24, 2.45) is 22.9 Å². The van der Waals surface area contributed by atoms with Crippen LogP contribution in [0, 0.1) is 0 Å². The van der Waals surface area contributed by atoms with Crippen molar-refractivity contribution < 1.29 is 4.74 Å². The Morgan fingerprint density at radius 2 is 1.18 bits per heavy atom. The van der Waals surface area contributed by atoms with Gasteiger partial charge in [0, 0.05) is 0 Å². The van der Waals surface area contributed by atoms with Gasteiger partial charge in [0.2, 0.25) is 0 Å². The van der Waals surface area contributed by atoms with Crippen LogP contribution in [0.4, 0.5) is 0 Å². The highest BCUT2D eigenvalue weighted by Gasteiger charge is 2.15. The second-order valence-electron chi connectivity index (χ2n) is 3.50. The Morgan fingerprint density at radius 1 is 0.909 bits per heavy atom. The average molecular weight is 162 g/mol. The molecule has 68 valence electrons. The van der Waals surface area contributed by atoms with Crippen LogP contribution in [0.3, 0.4) is 0 Å². The van der Waals surface area contributed by atoms with Crippen molar-refractivity contribution in [1.29, 1.82) is 0 Å². The Balaban J connectivity index is 3.44. The zero-order valence-corrected chi connectivity index (χ0v) is 7.13. The zero-order chi connectivity index (χ0) is 9.12. The maximum absolute atomic E-state index is 5.44. The number of ether oxygens (including phenoxy) is 1. The summed E-state index contributed by atoms with van der Waals surface area (Å²) in [6.07, 6.45) is 0. The van der Waals surface area contributed by atoms with Crippen LogP contribution >= 0.6 is 0 Å². The van der Waals surface area contributed by atoms with Gasteiger partial charge in [0.25, 0.3) is 0 Å². The summed E-state index contributed by atoms with van der Waals surface area (Å²) in [6.45, 7) is 3.82. The number of rotatable bonds is 4. The molecule has 5 nitrogen and oxygen atoms in total. The largest absolute Gasteiger partial charge is 0.375 e. The van der Waals surface area contributed by atoms with Crippen LogP contribution in [0.15, 0.2) is 0 Å². The minimum atomic E-state index is -0.814. The summed E-state index contributed by atoms with van der Waals surface area (Å²) in [5, 5.41) is 0. The summed E-state index contributed by atoms with van der Waals surface area (Å²) in [5.41, 5.74) is 20.1. The lowest BCUT2D eigenvalue weighted by Crippen LogP contribution is -2.54. The minimum absolute atomic E-state index is 0.247. The molecule has 0 unspecified atom stereocenters. The molecule has 0 aromatic carbocycles. The van der Waals surface area contributed by atoms with E-state index >= 15 is 0 Å². The molecule has 0 spiro atoms. The van der Waals surface area contributed by atoms with Crippen LogP contribution < -0.4 is 22.9 Å². The molecular formula is C6H18N4O. The van der Waals surface area contributed by atoms with E-state index in [0.29, 0.717) is 0 Å². The Bertz CT molecular complexity index is 98.7. The maximum atomic E-state index is 5.44. The molecule has 0 bridgehead atoms. The van der Waals surface area contributed by atoms with Gasteiger partial charge in [-0.05, 0) is 13.8 Å². The quantitative estimate of drug-likeness (QED) is 0.367. The fraction of sp³-hybridized carbons (Fsp3) is 1.00. The molecule has 0 aliphatic carbocycles. The third kappa shape index (κ3) is 9.80. The van der Waals surface area contributed by atoms with Gasteiger partial charge in [-0.25, -0.2) is 0 Å². The molecule has 0 fully saturated rings. The lowest BCUT2D eigenvalue weighted by molar-refractivity contribution is 0.0616. The van der Waals surface area contributed by atoms with Crippen molar-refractivity contribution in [2.45, 2.75) is 25.2 Å². The number of hydrogen-bond donors (Lipinski definition) is 4. The van der Waals surface area contributed by atoms with E-state index in [2.05, 4.69) is 0 Å². The summed E-state index contributed by atoms with van der Waals surface area (Å²) in [6, 6.07) is 0. The molecule has 0 amide bonds. The van der Waals surface area contributed by atoms with E-state index in [1.165, 1.54) is 0 Å². The predicted octanol–water partition coefficient (Wildman–Crippen LogP) is -1.73. The summed E-state index contributed by atoms with van der Waals surface area (Å²) >= 11 is 0. The van der Waals surface area contributed by atoms with Crippen molar-refractivity contribution in [1.82, 2.24) is 0 Å². The molecule has 0 atom stereocenters. The van der Waals surface area contributed by atoms with Crippen molar-refractivity contribution in [3.8, 4) is 0 Å². The van der Waals surface area contributed by atoms with Gasteiger partial charge < -0.3 is 27.7 Å². The van der Waals surface area contributed by atoms with E-state index in [4.69, 9.17) is 27.7 Å². The van der Waals surface area contributed by atoms with Gasteiger partial charge in [0.15, 0.2) is 0 Å². The summed E-state index contributed by atoms with van der Waals surface area (Å²) in [4.78, 5) is 0. The number of hydrogen-bond acceptors (Lipinski definition) is 5. The highest BCUT2D eigenvalue weighted by atomic mass is 16.5. The molecule has 0 saturated carbocycles. The number of nitrogens with two attached hydrogens (primary N) is 4. The van der Waals surface area contributed by atoms with Crippen molar-refractivity contribution in [3.63, 3.8) is 0 Å². The van der Waals surface area contributed by atoms with Gasteiger partial charge in [-0.3, -0.25) is 0 Å². The van der Waals surface area contributed by atoms with Crippen LogP contribution in [0.1, 0.15) is 13.8 Å². The van der Waals surface area contributed by atoms with Crippen LogP contribution in [0.5, 0.6) is 0 Å². The van der Waals surface area contributed by atoms with Crippen LogP contribution in [-0.4, -0.2) is 24.5 Å². The SMILES string of the molecule is CC(N)(N)COCC(C)(N)N. The van der Waals surface area contributed by atoms with E-state index < -0.39 is 11.3 Å². The highest BCUT2D eigenvalue weighted by molar-refractivity contribution is 4.72. The zero-order valence-electron chi connectivity index (χ0n) is 7.13. The second-order valence-corrected chi connectivity index (χ2v) is 3.50. The minimum Gasteiger partial charge on any atom is -0.375 e. The topological polar surface area (TPSA) is 113 Å². The van der Waals surface area contributed by atoms with Gasteiger partial charge in [0.05, 0.1) is 24.5 Å². The lowest BCUT2D eigenvalue weighted by Gasteiger charge is -2.23. The van der Waals surface area contributed by atoms with Gasteiger partial charge >= 0.3 is 0 Å². The molecule has 0 aromatic rings. The van der Waals surface area contributed by atoms with E-state index in [9.17, 15) is 0 Å². The maximum Gasteiger partial charge on any atom is 0.0848 e. The Hall–Kier alpha value is -0.200. The van der Waals surface area contributed by atoms with Gasteiger partial charge in [-0.2, -0.15) is 0 Å². The Labute approximate surface area is 67.0 Å². The molecule has 0 rings (SSSR count). The standard InChI is InChI=1S/C6H18N4O/c1-5(7,8)3-11-4-6(2,9)10/h3-4,7-10H2,1-2H3. The molecule has 0 aliphatic rings. The van der Waals surface area contributed by atoms with E-state index in [-0.39, 0.29) is 13.2 Å². The monoisotopic (exact) mass is 162 g/mol. The lowest BCUT2D eigenvalue weighted by atomic mass is 10.2. The first-order valence-electron chi connectivity index (χ1n) is 3.44. The third-order valence-electron chi connectivity index (χ3n) is 0.826. The summed E-state index contributed by atoms with van der Waals surface area (Å²) in [5.74, 6) is 0. The third-order valence-corrected chi connectivity index (χ3v) is 0.826. The smallest absolute Gasteiger partial charge is 0.0848 e. The molecule has 0 heterocycles. The van der Waals surface area contributed by atoms with Crippen LogP contribution in [0.25, 0.3) is 0 Å². The average Bonchev–Trinajstić information content (AvgIpc) is 1.55. The van der Waals surface area contributed by atoms with E-state index in [0.717, 1.165) is 0 Å². The Kier molecular flexibility index (Phi) is 3.40. The molecule has 0 saturated heterocycles. The van der Waals surface area contributed by atoms with Crippen LogP contribution in [0.2, 0.25) is 0 Å². The second kappa shape index (κ2) is 3.46. The molecule has 11 heavy (non-hydrogen) atoms. The summed E-state index contributed by atoms with van der Waals surface area (Å²) < 4.78 is 5.06. The molecular weight excluding hydrogens is 144 g/mol.